The number of nitrogens with two attached hydrogens (primary N) is 1. The van der Waals surface area contributed by atoms with Gasteiger partial charge in [0.25, 0.3) is 0 Å². The molecule has 2 unspecified atom stereocenters. The molecule has 0 bridgehead atoms. The molecule has 90 valence electrons. The first kappa shape index (κ1) is 11.8. The maximum atomic E-state index is 5.64. The van der Waals surface area contributed by atoms with Crippen LogP contribution >= 0.6 is 0 Å². The molecule has 4 heteroatoms. The van der Waals surface area contributed by atoms with Crippen molar-refractivity contribution in [3.8, 4) is 0 Å². The maximum absolute atomic E-state index is 5.64. The fraction of sp³-hybridized carbons (Fsp3) is 0.385. The molecule has 0 aliphatic rings. The lowest BCUT2D eigenvalue weighted by Crippen LogP contribution is -2.30. The van der Waals surface area contributed by atoms with E-state index in [4.69, 9.17) is 5.73 Å². The van der Waals surface area contributed by atoms with Gasteiger partial charge in [0, 0.05) is 17.6 Å². The first-order chi connectivity index (χ1) is 8.20. The Labute approximate surface area is 101 Å². The molecule has 2 atom stereocenters. The van der Waals surface area contributed by atoms with Gasteiger partial charge < -0.3 is 11.1 Å². The summed E-state index contributed by atoms with van der Waals surface area (Å²) in [6.07, 6.45) is 1.84. The van der Waals surface area contributed by atoms with Crippen molar-refractivity contribution in [3.05, 3.63) is 30.5 Å². The second-order valence-electron chi connectivity index (χ2n) is 4.40. The Kier molecular flexibility index (Phi) is 3.54. The van der Waals surface area contributed by atoms with Crippen molar-refractivity contribution in [2.75, 3.05) is 11.9 Å². The van der Waals surface area contributed by atoms with E-state index >= 15 is 0 Å². The SMILES string of the molecule is CC(CN)C(C)Nc1ncc2ccccc2n1. The number of benzene rings is 1. The summed E-state index contributed by atoms with van der Waals surface area (Å²) in [6, 6.07) is 8.22. The summed E-state index contributed by atoms with van der Waals surface area (Å²) >= 11 is 0. The van der Waals surface area contributed by atoms with E-state index in [1.54, 1.807) is 0 Å². The van der Waals surface area contributed by atoms with Gasteiger partial charge >= 0.3 is 0 Å². The number of rotatable bonds is 4. The molecule has 0 aliphatic heterocycles. The molecule has 1 heterocycles. The van der Waals surface area contributed by atoms with Gasteiger partial charge in [0.15, 0.2) is 0 Å². The van der Waals surface area contributed by atoms with Crippen LogP contribution in [0.2, 0.25) is 0 Å². The van der Waals surface area contributed by atoms with E-state index in [2.05, 4.69) is 29.1 Å². The summed E-state index contributed by atoms with van der Waals surface area (Å²) in [6.45, 7) is 4.86. The van der Waals surface area contributed by atoms with Crippen molar-refractivity contribution in [2.45, 2.75) is 19.9 Å². The molecular weight excluding hydrogens is 212 g/mol. The zero-order valence-corrected chi connectivity index (χ0v) is 10.2. The van der Waals surface area contributed by atoms with E-state index in [9.17, 15) is 0 Å². The van der Waals surface area contributed by atoms with Gasteiger partial charge in [-0.25, -0.2) is 9.97 Å². The third-order valence-electron chi connectivity index (χ3n) is 3.07. The molecule has 2 rings (SSSR count). The van der Waals surface area contributed by atoms with Crippen LogP contribution in [0, 0.1) is 5.92 Å². The first-order valence-corrected chi connectivity index (χ1v) is 5.89. The highest BCUT2D eigenvalue weighted by molar-refractivity contribution is 5.78. The Morgan fingerprint density at radius 1 is 1.29 bits per heavy atom. The van der Waals surface area contributed by atoms with Crippen molar-refractivity contribution < 1.29 is 0 Å². The third kappa shape index (κ3) is 2.71. The van der Waals surface area contributed by atoms with Crippen molar-refractivity contribution in [1.29, 1.82) is 0 Å². The molecule has 0 amide bonds. The lowest BCUT2D eigenvalue weighted by molar-refractivity contribution is 0.519. The molecule has 1 aromatic heterocycles. The van der Waals surface area contributed by atoms with Crippen LogP contribution in [0.15, 0.2) is 30.5 Å². The zero-order chi connectivity index (χ0) is 12.3. The third-order valence-corrected chi connectivity index (χ3v) is 3.07. The van der Waals surface area contributed by atoms with E-state index in [1.807, 2.05) is 30.5 Å². The molecule has 4 nitrogen and oxygen atoms in total. The largest absolute Gasteiger partial charge is 0.351 e. The highest BCUT2D eigenvalue weighted by atomic mass is 15.1. The Morgan fingerprint density at radius 3 is 2.82 bits per heavy atom. The van der Waals surface area contributed by atoms with E-state index in [-0.39, 0.29) is 6.04 Å². The summed E-state index contributed by atoms with van der Waals surface area (Å²) in [5.41, 5.74) is 6.59. The number of hydrogen-bond donors (Lipinski definition) is 2. The topological polar surface area (TPSA) is 63.8 Å². The van der Waals surface area contributed by atoms with Crippen molar-refractivity contribution in [2.24, 2.45) is 11.7 Å². The average Bonchev–Trinajstić information content (AvgIpc) is 2.37. The summed E-state index contributed by atoms with van der Waals surface area (Å²) in [4.78, 5) is 8.77. The predicted molar refractivity (Wildman–Crippen MR) is 70.8 cm³/mol. The lowest BCUT2D eigenvalue weighted by atomic mass is 10.0. The van der Waals surface area contributed by atoms with Crippen LogP contribution in [-0.2, 0) is 0 Å². The van der Waals surface area contributed by atoms with Crippen LogP contribution in [0.3, 0.4) is 0 Å². The van der Waals surface area contributed by atoms with Gasteiger partial charge in [-0.2, -0.15) is 0 Å². The predicted octanol–water partition coefficient (Wildman–Crippen LogP) is 2.02. The average molecular weight is 230 g/mol. The molecule has 0 saturated carbocycles. The van der Waals surface area contributed by atoms with Crippen LogP contribution in [0.1, 0.15) is 13.8 Å². The van der Waals surface area contributed by atoms with Crippen LogP contribution < -0.4 is 11.1 Å². The van der Waals surface area contributed by atoms with Gasteiger partial charge in [-0.15, -0.1) is 0 Å². The molecule has 17 heavy (non-hydrogen) atoms. The Balaban J connectivity index is 2.19. The van der Waals surface area contributed by atoms with Gasteiger partial charge in [0.2, 0.25) is 5.95 Å². The highest BCUT2D eigenvalue weighted by Gasteiger charge is 2.11. The minimum absolute atomic E-state index is 0.265. The second kappa shape index (κ2) is 5.10. The second-order valence-corrected chi connectivity index (χ2v) is 4.40. The molecule has 0 radical (unpaired) electrons. The summed E-state index contributed by atoms with van der Waals surface area (Å²) in [7, 11) is 0. The van der Waals surface area contributed by atoms with Crippen LogP contribution in [0.25, 0.3) is 10.9 Å². The number of nitrogens with one attached hydrogen (secondary N) is 1. The monoisotopic (exact) mass is 230 g/mol. The highest BCUT2D eigenvalue weighted by Crippen LogP contribution is 2.13. The minimum Gasteiger partial charge on any atom is -0.351 e. The zero-order valence-electron chi connectivity index (χ0n) is 10.2. The Hall–Kier alpha value is -1.68. The Bertz CT molecular complexity index is 497. The van der Waals surface area contributed by atoms with E-state index in [0.717, 1.165) is 10.9 Å². The number of para-hydroxylation sites is 1. The fourth-order valence-electron chi connectivity index (χ4n) is 1.59. The van der Waals surface area contributed by atoms with Crippen LogP contribution in [0.4, 0.5) is 5.95 Å². The van der Waals surface area contributed by atoms with Gasteiger partial charge in [-0.3, -0.25) is 0 Å². The Morgan fingerprint density at radius 2 is 2.06 bits per heavy atom. The molecule has 0 saturated heterocycles. The van der Waals surface area contributed by atoms with Crippen LogP contribution in [-0.4, -0.2) is 22.6 Å². The quantitative estimate of drug-likeness (QED) is 0.843. The molecular formula is C13H18N4. The summed E-state index contributed by atoms with van der Waals surface area (Å²) in [5.74, 6) is 1.06. The summed E-state index contributed by atoms with van der Waals surface area (Å²) in [5, 5.41) is 4.34. The molecule has 2 aromatic rings. The lowest BCUT2D eigenvalue weighted by Gasteiger charge is -2.19. The number of hydrogen-bond acceptors (Lipinski definition) is 4. The molecule has 0 aliphatic carbocycles. The summed E-state index contributed by atoms with van der Waals surface area (Å²) < 4.78 is 0. The molecule has 0 spiro atoms. The van der Waals surface area contributed by atoms with Gasteiger partial charge in [0.1, 0.15) is 0 Å². The van der Waals surface area contributed by atoms with Gasteiger partial charge in [-0.1, -0.05) is 25.1 Å². The van der Waals surface area contributed by atoms with Crippen molar-refractivity contribution in [3.63, 3.8) is 0 Å². The van der Waals surface area contributed by atoms with Gasteiger partial charge in [0.05, 0.1) is 5.52 Å². The van der Waals surface area contributed by atoms with Gasteiger partial charge in [-0.05, 0) is 25.5 Å². The molecule has 0 fully saturated rings. The normalized spacial score (nSPS) is 14.5. The van der Waals surface area contributed by atoms with Crippen molar-refractivity contribution >= 4 is 16.9 Å². The number of nitrogens with zero attached hydrogens (tertiary/aromatic N) is 2. The van der Waals surface area contributed by atoms with E-state index < -0.39 is 0 Å². The molecule has 3 N–H and O–H groups in total. The smallest absolute Gasteiger partial charge is 0.223 e. The minimum atomic E-state index is 0.265. The number of anilines is 1. The van der Waals surface area contributed by atoms with Crippen LogP contribution in [0.5, 0.6) is 0 Å². The number of fused-ring (bicyclic) bond motifs is 1. The van der Waals surface area contributed by atoms with Crippen molar-refractivity contribution in [1.82, 2.24) is 9.97 Å². The standard InChI is InChI=1S/C13H18N4/c1-9(7-14)10(2)16-13-15-8-11-5-3-4-6-12(11)17-13/h3-6,8-10H,7,14H2,1-2H3,(H,15,16,17). The van der Waals surface area contributed by atoms with E-state index in [0.29, 0.717) is 18.4 Å². The number of aromatic nitrogens is 2. The van der Waals surface area contributed by atoms with E-state index in [1.165, 1.54) is 0 Å². The fourth-order valence-corrected chi connectivity index (χ4v) is 1.59. The maximum Gasteiger partial charge on any atom is 0.223 e. The first-order valence-electron chi connectivity index (χ1n) is 5.89. The molecule has 1 aromatic carbocycles.